The van der Waals surface area contributed by atoms with E-state index in [1.807, 2.05) is 31.2 Å². The number of carbonyl (C=O) groups is 1. The van der Waals surface area contributed by atoms with Crippen molar-refractivity contribution in [3.8, 4) is 5.75 Å². The maximum absolute atomic E-state index is 12.2. The zero-order chi connectivity index (χ0) is 17.5. The summed E-state index contributed by atoms with van der Waals surface area (Å²) in [7, 11) is 0. The third-order valence-corrected chi connectivity index (χ3v) is 5.53. The van der Waals surface area contributed by atoms with Crippen LogP contribution in [-0.2, 0) is 4.79 Å². The molecule has 0 radical (unpaired) electrons. The molecule has 3 rings (SSSR count). The predicted molar refractivity (Wildman–Crippen MR) is 102 cm³/mol. The predicted octanol–water partition coefficient (Wildman–Crippen LogP) is 3.78. The molecule has 2 aromatic rings. The van der Waals surface area contributed by atoms with E-state index in [1.54, 1.807) is 11.3 Å². The van der Waals surface area contributed by atoms with Crippen LogP contribution >= 0.6 is 11.3 Å². The van der Waals surface area contributed by atoms with Crippen molar-refractivity contribution in [3.63, 3.8) is 0 Å². The zero-order valence-electron chi connectivity index (χ0n) is 14.7. The van der Waals surface area contributed by atoms with E-state index in [4.69, 9.17) is 4.74 Å². The van der Waals surface area contributed by atoms with Gasteiger partial charge in [0.1, 0.15) is 5.75 Å². The number of carbonyl (C=O) groups excluding carboxylic acids is 1. The van der Waals surface area contributed by atoms with E-state index in [1.165, 1.54) is 24.1 Å². The normalized spacial score (nSPS) is 16.4. The fraction of sp³-hybridized carbons (Fsp3) is 0.450. The van der Waals surface area contributed by atoms with Gasteiger partial charge in [0.25, 0.3) is 5.91 Å². The molecule has 0 spiro atoms. The highest BCUT2D eigenvalue weighted by atomic mass is 32.1. The van der Waals surface area contributed by atoms with Gasteiger partial charge < -0.3 is 10.1 Å². The molecule has 1 atom stereocenters. The lowest BCUT2D eigenvalue weighted by Crippen LogP contribution is -2.41. The molecule has 0 aliphatic carbocycles. The maximum atomic E-state index is 12.2. The van der Waals surface area contributed by atoms with Gasteiger partial charge in [-0.25, -0.2) is 0 Å². The van der Waals surface area contributed by atoms with Crippen LogP contribution in [0.5, 0.6) is 5.75 Å². The van der Waals surface area contributed by atoms with Crippen LogP contribution in [0.25, 0.3) is 0 Å². The van der Waals surface area contributed by atoms with Crippen LogP contribution < -0.4 is 10.1 Å². The number of thiophene rings is 1. The molecule has 1 aromatic heterocycles. The van der Waals surface area contributed by atoms with E-state index >= 15 is 0 Å². The minimum absolute atomic E-state index is 0.0562. The molecule has 2 heterocycles. The van der Waals surface area contributed by atoms with Gasteiger partial charge in [0, 0.05) is 11.4 Å². The fourth-order valence-corrected chi connectivity index (χ4v) is 4.10. The number of likely N-dealkylation sites (tertiary alicyclic amines) is 1. The Morgan fingerprint density at radius 2 is 2.08 bits per heavy atom. The number of ether oxygens (including phenoxy) is 1. The van der Waals surface area contributed by atoms with Crippen molar-refractivity contribution in [3.05, 3.63) is 52.2 Å². The standard InChI is InChI=1S/C20H26N2O2S/c1-16-7-5-8-17(13-16)24-15-20(23)21-14-18(19-9-6-12-25-19)22-10-3-2-4-11-22/h5-9,12-13,18H,2-4,10-11,14-15H2,1H3,(H,21,23)/t18-/m1/s1. The average Bonchev–Trinajstić information content (AvgIpc) is 3.15. The van der Waals surface area contributed by atoms with Gasteiger partial charge in [0.15, 0.2) is 6.61 Å². The molecule has 4 nitrogen and oxygen atoms in total. The van der Waals surface area contributed by atoms with Gasteiger partial charge in [-0.2, -0.15) is 0 Å². The molecule has 0 bridgehead atoms. The number of benzene rings is 1. The fourth-order valence-electron chi connectivity index (χ4n) is 3.24. The second-order valence-electron chi connectivity index (χ2n) is 6.54. The van der Waals surface area contributed by atoms with Crippen LogP contribution in [0.15, 0.2) is 41.8 Å². The van der Waals surface area contributed by atoms with E-state index in [0.717, 1.165) is 24.4 Å². The second kappa shape index (κ2) is 9.02. The van der Waals surface area contributed by atoms with E-state index in [2.05, 4.69) is 27.7 Å². The molecule has 1 fully saturated rings. The summed E-state index contributed by atoms with van der Waals surface area (Å²) in [6.07, 6.45) is 3.79. The van der Waals surface area contributed by atoms with Gasteiger partial charge in [-0.15, -0.1) is 11.3 Å². The smallest absolute Gasteiger partial charge is 0.258 e. The molecular formula is C20H26N2O2S. The number of nitrogens with one attached hydrogen (secondary N) is 1. The van der Waals surface area contributed by atoms with Crippen LogP contribution in [0.3, 0.4) is 0 Å². The third kappa shape index (κ3) is 5.31. The minimum Gasteiger partial charge on any atom is -0.484 e. The molecule has 0 unspecified atom stereocenters. The number of rotatable bonds is 7. The van der Waals surface area contributed by atoms with Gasteiger partial charge in [-0.1, -0.05) is 24.6 Å². The highest BCUT2D eigenvalue weighted by molar-refractivity contribution is 7.10. The SMILES string of the molecule is Cc1cccc(OCC(=O)NC[C@H](c2cccs2)N2CCCCC2)c1. The molecule has 1 aromatic carbocycles. The Hall–Kier alpha value is -1.85. The molecule has 0 saturated carbocycles. The largest absolute Gasteiger partial charge is 0.484 e. The van der Waals surface area contributed by atoms with Crippen LogP contribution in [0.4, 0.5) is 0 Å². The van der Waals surface area contributed by atoms with Crippen molar-refractivity contribution in [2.45, 2.75) is 32.2 Å². The lowest BCUT2D eigenvalue weighted by Gasteiger charge is -2.34. The van der Waals surface area contributed by atoms with Gasteiger partial charge >= 0.3 is 0 Å². The summed E-state index contributed by atoms with van der Waals surface area (Å²) in [5, 5.41) is 5.16. The summed E-state index contributed by atoms with van der Waals surface area (Å²) in [4.78, 5) is 16.0. The van der Waals surface area contributed by atoms with Crippen LogP contribution in [0.2, 0.25) is 0 Å². The summed E-state index contributed by atoms with van der Waals surface area (Å²) in [5.74, 6) is 0.668. The van der Waals surface area contributed by atoms with Gasteiger partial charge in [0.2, 0.25) is 0 Å². The molecule has 25 heavy (non-hydrogen) atoms. The number of nitrogens with zero attached hydrogens (tertiary/aromatic N) is 1. The Morgan fingerprint density at radius 3 is 2.80 bits per heavy atom. The van der Waals surface area contributed by atoms with E-state index < -0.39 is 0 Å². The minimum atomic E-state index is -0.0694. The molecule has 1 N–H and O–H groups in total. The van der Waals surface area contributed by atoms with Crippen molar-refractivity contribution in [2.75, 3.05) is 26.2 Å². The van der Waals surface area contributed by atoms with Gasteiger partial charge in [0.05, 0.1) is 6.04 Å². The van der Waals surface area contributed by atoms with E-state index in [9.17, 15) is 4.79 Å². The molecule has 1 amide bonds. The Balaban J connectivity index is 1.52. The first-order valence-corrected chi connectivity index (χ1v) is 9.84. The Kier molecular flexibility index (Phi) is 6.48. The Bertz CT molecular complexity index is 666. The molecule has 1 saturated heterocycles. The number of amides is 1. The van der Waals surface area contributed by atoms with Crippen LogP contribution in [-0.4, -0.2) is 37.0 Å². The third-order valence-electron chi connectivity index (χ3n) is 4.56. The van der Waals surface area contributed by atoms with Crippen molar-refractivity contribution < 1.29 is 9.53 Å². The number of aryl methyl sites for hydroxylation is 1. The Labute approximate surface area is 153 Å². The molecular weight excluding hydrogens is 332 g/mol. The summed E-state index contributed by atoms with van der Waals surface area (Å²) < 4.78 is 5.59. The maximum Gasteiger partial charge on any atom is 0.258 e. The Morgan fingerprint density at radius 1 is 1.24 bits per heavy atom. The quantitative estimate of drug-likeness (QED) is 0.819. The summed E-state index contributed by atoms with van der Waals surface area (Å²) in [6, 6.07) is 12.3. The summed E-state index contributed by atoms with van der Waals surface area (Å²) >= 11 is 1.76. The molecule has 5 heteroatoms. The highest BCUT2D eigenvalue weighted by Crippen LogP contribution is 2.27. The molecule has 1 aliphatic rings. The highest BCUT2D eigenvalue weighted by Gasteiger charge is 2.23. The zero-order valence-corrected chi connectivity index (χ0v) is 15.6. The van der Waals surface area contributed by atoms with E-state index in [0.29, 0.717) is 6.54 Å². The first-order chi connectivity index (χ1) is 12.2. The monoisotopic (exact) mass is 358 g/mol. The van der Waals surface area contributed by atoms with E-state index in [-0.39, 0.29) is 18.6 Å². The van der Waals surface area contributed by atoms with Crippen LogP contribution in [0, 0.1) is 6.92 Å². The number of hydrogen-bond acceptors (Lipinski definition) is 4. The topological polar surface area (TPSA) is 41.6 Å². The van der Waals surface area contributed by atoms with Crippen molar-refractivity contribution >= 4 is 17.2 Å². The lowest BCUT2D eigenvalue weighted by atomic mass is 10.1. The second-order valence-corrected chi connectivity index (χ2v) is 7.52. The van der Waals surface area contributed by atoms with Gasteiger partial charge in [-0.3, -0.25) is 9.69 Å². The average molecular weight is 359 g/mol. The van der Waals surface area contributed by atoms with Crippen molar-refractivity contribution in [1.82, 2.24) is 10.2 Å². The summed E-state index contributed by atoms with van der Waals surface area (Å²) in [5.41, 5.74) is 1.13. The van der Waals surface area contributed by atoms with Gasteiger partial charge in [-0.05, 0) is 62.0 Å². The lowest BCUT2D eigenvalue weighted by molar-refractivity contribution is -0.123. The molecule has 134 valence electrons. The van der Waals surface area contributed by atoms with Crippen LogP contribution in [0.1, 0.15) is 35.7 Å². The summed E-state index contributed by atoms with van der Waals surface area (Å²) in [6.45, 7) is 4.92. The molecule has 1 aliphatic heterocycles. The number of hydrogen-bond donors (Lipinski definition) is 1. The van der Waals surface area contributed by atoms with Crippen molar-refractivity contribution in [1.29, 1.82) is 0 Å². The first kappa shape index (κ1) is 18.0. The van der Waals surface area contributed by atoms with Crippen molar-refractivity contribution in [2.24, 2.45) is 0 Å². The number of piperidine rings is 1. The first-order valence-electron chi connectivity index (χ1n) is 8.96.